The summed E-state index contributed by atoms with van der Waals surface area (Å²) in [6, 6.07) is 14.3. The standard InChI is InChI=1S/C23H28O3/c1-15(24)26-17-10-8-16(9-11-17)23(6)20-14-18(25-7)12-13-19(20)21(2,3)22(23,4)5/h8-14H,1-7H3. The van der Waals surface area contributed by atoms with E-state index in [4.69, 9.17) is 9.47 Å². The van der Waals surface area contributed by atoms with Crippen LogP contribution in [0.2, 0.25) is 0 Å². The van der Waals surface area contributed by atoms with E-state index < -0.39 is 0 Å². The van der Waals surface area contributed by atoms with Crippen molar-refractivity contribution in [2.75, 3.05) is 7.11 Å². The molecule has 0 aromatic heterocycles. The van der Waals surface area contributed by atoms with Crippen molar-refractivity contribution in [3.63, 3.8) is 0 Å². The van der Waals surface area contributed by atoms with E-state index in [9.17, 15) is 4.79 Å². The number of carbonyl (C=O) groups is 1. The van der Waals surface area contributed by atoms with Crippen LogP contribution < -0.4 is 9.47 Å². The van der Waals surface area contributed by atoms with E-state index in [0.717, 1.165) is 5.75 Å². The molecular weight excluding hydrogens is 324 g/mol. The molecule has 1 unspecified atom stereocenters. The summed E-state index contributed by atoms with van der Waals surface area (Å²) in [5.74, 6) is 1.15. The quantitative estimate of drug-likeness (QED) is 0.559. The Kier molecular flexibility index (Phi) is 4.18. The van der Waals surface area contributed by atoms with Gasteiger partial charge < -0.3 is 9.47 Å². The summed E-state index contributed by atoms with van der Waals surface area (Å²) in [5.41, 5.74) is 3.63. The second-order valence-corrected chi connectivity index (χ2v) is 8.40. The highest BCUT2D eigenvalue weighted by atomic mass is 16.5. The fraction of sp³-hybridized carbons (Fsp3) is 0.435. The molecule has 1 atom stereocenters. The van der Waals surface area contributed by atoms with Crippen LogP contribution >= 0.6 is 0 Å². The molecule has 3 rings (SSSR count). The smallest absolute Gasteiger partial charge is 0.308 e. The molecule has 3 nitrogen and oxygen atoms in total. The molecule has 0 spiro atoms. The van der Waals surface area contributed by atoms with E-state index in [1.807, 2.05) is 18.2 Å². The molecule has 0 amide bonds. The first-order valence-corrected chi connectivity index (χ1v) is 9.03. The second kappa shape index (κ2) is 5.87. The molecule has 0 radical (unpaired) electrons. The highest BCUT2D eigenvalue weighted by Crippen LogP contribution is 2.64. The van der Waals surface area contributed by atoms with Gasteiger partial charge in [-0.25, -0.2) is 0 Å². The lowest BCUT2D eigenvalue weighted by atomic mass is 9.56. The normalized spacial score (nSPS) is 22.6. The lowest BCUT2D eigenvalue weighted by Crippen LogP contribution is -2.44. The van der Waals surface area contributed by atoms with Crippen molar-refractivity contribution in [3.05, 3.63) is 59.2 Å². The largest absolute Gasteiger partial charge is 0.497 e. The fourth-order valence-electron chi connectivity index (χ4n) is 4.45. The molecule has 26 heavy (non-hydrogen) atoms. The Morgan fingerprint density at radius 3 is 1.96 bits per heavy atom. The van der Waals surface area contributed by atoms with Gasteiger partial charge in [0, 0.05) is 12.3 Å². The predicted octanol–water partition coefficient (Wildman–Crippen LogP) is 5.24. The SMILES string of the molecule is COc1ccc2c(c1)C(C)(c1ccc(OC(C)=O)cc1)C(C)(C)C2(C)C. The van der Waals surface area contributed by atoms with Crippen molar-refractivity contribution in [2.45, 2.75) is 52.4 Å². The van der Waals surface area contributed by atoms with Gasteiger partial charge in [0.1, 0.15) is 11.5 Å². The molecule has 2 aromatic rings. The van der Waals surface area contributed by atoms with Crippen molar-refractivity contribution in [1.82, 2.24) is 0 Å². The van der Waals surface area contributed by atoms with Gasteiger partial charge in [-0.3, -0.25) is 4.79 Å². The van der Waals surface area contributed by atoms with Crippen LogP contribution in [0.3, 0.4) is 0 Å². The molecule has 0 saturated carbocycles. The first kappa shape index (κ1) is 18.5. The maximum atomic E-state index is 11.2. The number of benzene rings is 2. The molecule has 0 fully saturated rings. The van der Waals surface area contributed by atoms with Gasteiger partial charge in [0.2, 0.25) is 0 Å². The van der Waals surface area contributed by atoms with Gasteiger partial charge in [-0.1, -0.05) is 52.8 Å². The van der Waals surface area contributed by atoms with Crippen molar-refractivity contribution >= 4 is 5.97 Å². The van der Waals surface area contributed by atoms with E-state index in [-0.39, 0.29) is 22.2 Å². The van der Waals surface area contributed by atoms with Crippen LogP contribution in [0.15, 0.2) is 42.5 Å². The Labute approximate surface area is 156 Å². The van der Waals surface area contributed by atoms with Crippen LogP contribution in [-0.2, 0) is 15.6 Å². The monoisotopic (exact) mass is 352 g/mol. The summed E-state index contributed by atoms with van der Waals surface area (Å²) < 4.78 is 10.7. The minimum atomic E-state index is -0.304. The van der Waals surface area contributed by atoms with Gasteiger partial charge in [0.15, 0.2) is 0 Å². The molecule has 1 aliphatic rings. The lowest BCUT2D eigenvalue weighted by molar-refractivity contribution is -0.131. The molecule has 0 N–H and O–H groups in total. The van der Waals surface area contributed by atoms with Crippen molar-refractivity contribution < 1.29 is 14.3 Å². The van der Waals surface area contributed by atoms with E-state index in [0.29, 0.717) is 5.75 Å². The summed E-state index contributed by atoms with van der Waals surface area (Å²) in [7, 11) is 1.71. The Balaban J connectivity index is 2.20. The van der Waals surface area contributed by atoms with Crippen molar-refractivity contribution in [2.24, 2.45) is 5.41 Å². The molecule has 0 bridgehead atoms. The Hall–Kier alpha value is -2.29. The number of hydrogen-bond acceptors (Lipinski definition) is 3. The van der Waals surface area contributed by atoms with E-state index >= 15 is 0 Å². The first-order chi connectivity index (χ1) is 12.1. The Morgan fingerprint density at radius 2 is 1.42 bits per heavy atom. The summed E-state index contributed by atoms with van der Waals surface area (Å²) in [6.07, 6.45) is 0. The number of methoxy groups -OCH3 is 1. The van der Waals surface area contributed by atoms with Crippen LogP contribution in [0, 0.1) is 5.41 Å². The molecule has 0 aliphatic heterocycles. The summed E-state index contributed by atoms with van der Waals surface area (Å²) in [5, 5.41) is 0. The molecular formula is C23H28O3. The molecule has 1 aliphatic carbocycles. The first-order valence-electron chi connectivity index (χ1n) is 9.03. The zero-order chi connectivity index (χ0) is 19.3. The number of hydrogen-bond donors (Lipinski definition) is 0. The fourth-order valence-corrected chi connectivity index (χ4v) is 4.45. The summed E-state index contributed by atoms with van der Waals surface area (Å²) >= 11 is 0. The lowest BCUT2D eigenvalue weighted by Gasteiger charge is -2.47. The number of carbonyl (C=O) groups excluding carboxylic acids is 1. The zero-order valence-electron chi connectivity index (χ0n) is 16.8. The van der Waals surface area contributed by atoms with Crippen LogP contribution in [0.1, 0.15) is 58.2 Å². The van der Waals surface area contributed by atoms with Crippen LogP contribution in [-0.4, -0.2) is 13.1 Å². The van der Waals surface area contributed by atoms with Crippen LogP contribution in [0.5, 0.6) is 11.5 Å². The van der Waals surface area contributed by atoms with Crippen LogP contribution in [0.4, 0.5) is 0 Å². The van der Waals surface area contributed by atoms with Crippen molar-refractivity contribution in [1.29, 1.82) is 0 Å². The highest BCUT2D eigenvalue weighted by molar-refractivity contribution is 5.69. The number of fused-ring (bicyclic) bond motifs is 1. The number of esters is 1. The maximum absolute atomic E-state index is 11.2. The topological polar surface area (TPSA) is 35.5 Å². The van der Waals surface area contributed by atoms with Crippen LogP contribution in [0.25, 0.3) is 0 Å². The van der Waals surface area contributed by atoms with Gasteiger partial charge in [0.05, 0.1) is 7.11 Å². The van der Waals surface area contributed by atoms with Crippen molar-refractivity contribution in [3.8, 4) is 11.5 Å². The molecule has 0 saturated heterocycles. The average Bonchev–Trinajstić information content (AvgIpc) is 2.71. The number of ether oxygens (including phenoxy) is 2. The Morgan fingerprint density at radius 1 is 0.846 bits per heavy atom. The molecule has 138 valence electrons. The van der Waals surface area contributed by atoms with E-state index in [1.165, 1.54) is 23.6 Å². The third kappa shape index (κ3) is 2.37. The van der Waals surface area contributed by atoms with E-state index in [1.54, 1.807) is 7.11 Å². The zero-order valence-corrected chi connectivity index (χ0v) is 16.8. The van der Waals surface area contributed by atoms with Gasteiger partial charge in [-0.2, -0.15) is 0 Å². The summed E-state index contributed by atoms with van der Waals surface area (Å²) in [4.78, 5) is 11.2. The maximum Gasteiger partial charge on any atom is 0.308 e. The predicted molar refractivity (Wildman–Crippen MR) is 104 cm³/mol. The van der Waals surface area contributed by atoms with Gasteiger partial charge in [-0.05, 0) is 51.8 Å². The second-order valence-electron chi connectivity index (χ2n) is 8.40. The third-order valence-electron chi connectivity index (χ3n) is 6.94. The third-order valence-corrected chi connectivity index (χ3v) is 6.94. The average molecular weight is 352 g/mol. The highest BCUT2D eigenvalue weighted by Gasteiger charge is 2.59. The van der Waals surface area contributed by atoms with E-state index in [2.05, 4.69) is 58.9 Å². The van der Waals surface area contributed by atoms with Gasteiger partial charge in [0.25, 0.3) is 0 Å². The minimum absolute atomic E-state index is 0.00207. The molecule has 2 aromatic carbocycles. The summed E-state index contributed by atoms with van der Waals surface area (Å²) in [6.45, 7) is 13.0. The Bertz CT molecular complexity index is 846. The van der Waals surface area contributed by atoms with Gasteiger partial charge >= 0.3 is 5.97 Å². The van der Waals surface area contributed by atoms with Gasteiger partial charge in [-0.15, -0.1) is 0 Å². The minimum Gasteiger partial charge on any atom is -0.497 e. The molecule has 0 heterocycles. The number of rotatable bonds is 3. The molecule has 3 heteroatoms.